The van der Waals surface area contributed by atoms with Crippen LogP contribution in [0.1, 0.15) is 11.3 Å². The van der Waals surface area contributed by atoms with Crippen LogP contribution in [0.25, 0.3) is 0 Å². The molecule has 0 aliphatic heterocycles. The fourth-order valence-electron chi connectivity index (χ4n) is 0.809. The lowest BCUT2D eigenvalue weighted by molar-refractivity contribution is -0.141. The van der Waals surface area contributed by atoms with Gasteiger partial charge in [-0.25, -0.2) is 0 Å². The Morgan fingerprint density at radius 1 is 1.46 bits per heavy atom. The predicted molar refractivity (Wildman–Crippen MR) is 38.4 cm³/mol. The molecule has 68 valence electrons. The Labute approximate surface area is 71.6 Å². The van der Waals surface area contributed by atoms with E-state index in [1.807, 2.05) is 0 Å². The van der Waals surface area contributed by atoms with Crippen molar-refractivity contribution in [1.82, 2.24) is 4.98 Å². The Kier molecular flexibility index (Phi) is 2.10. The maximum Gasteiger partial charge on any atom is 0.434 e. The molecule has 0 aromatic carbocycles. The number of aromatic nitrogens is 1. The number of rotatable bonds is 0. The molecule has 1 aromatic rings. The molecule has 1 aromatic heterocycles. The fourth-order valence-corrected chi connectivity index (χ4v) is 0.809. The van der Waals surface area contributed by atoms with Crippen LogP contribution in [0.3, 0.4) is 0 Å². The van der Waals surface area contributed by atoms with Gasteiger partial charge in [-0.2, -0.15) is 18.4 Å². The zero-order valence-electron chi connectivity index (χ0n) is 6.26. The summed E-state index contributed by atoms with van der Waals surface area (Å²) < 4.78 is 36.4. The predicted octanol–water partition coefficient (Wildman–Crippen LogP) is 1.55. The van der Waals surface area contributed by atoms with Gasteiger partial charge in [-0.3, -0.25) is 4.98 Å². The molecule has 0 spiro atoms. The van der Waals surface area contributed by atoms with E-state index in [1.54, 1.807) is 0 Å². The Morgan fingerprint density at radius 2 is 2.08 bits per heavy atom. The number of hydrogen-bond donors (Lipinski definition) is 1. The van der Waals surface area contributed by atoms with Crippen molar-refractivity contribution in [3.05, 3.63) is 23.5 Å². The van der Waals surface area contributed by atoms with Gasteiger partial charge in [0, 0.05) is 6.20 Å². The van der Waals surface area contributed by atoms with E-state index in [2.05, 4.69) is 4.98 Å². The van der Waals surface area contributed by atoms with Gasteiger partial charge in [0.25, 0.3) is 0 Å². The van der Waals surface area contributed by atoms with Crippen molar-refractivity contribution in [2.75, 3.05) is 5.73 Å². The number of nitriles is 1. The average Bonchev–Trinajstić information content (AvgIpc) is 2.02. The van der Waals surface area contributed by atoms with Gasteiger partial charge in [-0.1, -0.05) is 0 Å². The number of nitrogens with zero attached hydrogens (tertiary/aromatic N) is 2. The molecule has 0 aliphatic rings. The summed E-state index contributed by atoms with van der Waals surface area (Å²) in [5.74, 6) is 0. The van der Waals surface area contributed by atoms with Crippen molar-refractivity contribution >= 4 is 5.69 Å². The molecular formula is C7H4F3N3. The van der Waals surface area contributed by atoms with Crippen LogP contribution in [0.15, 0.2) is 12.3 Å². The van der Waals surface area contributed by atoms with Crippen molar-refractivity contribution < 1.29 is 13.2 Å². The molecule has 6 heteroatoms. The third kappa shape index (κ3) is 1.69. The van der Waals surface area contributed by atoms with E-state index >= 15 is 0 Å². The summed E-state index contributed by atoms with van der Waals surface area (Å²) in [6, 6.07) is 2.51. The van der Waals surface area contributed by atoms with E-state index in [9.17, 15) is 13.2 Å². The second-order valence-corrected chi connectivity index (χ2v) is 2.23. The highest BCUT2D eigenvalue weighted by molar-refractivity contribution is 5.55. The molecule has 0 saturated carbocycles. The van der Waals surface area contributed by atoms with Gasteiger partial charge in [0.1, 0.15) is 11.6 Å². The molecule has 2 N–H and O–H groups in total. The van der Waals surface area contributed by atoms with Gasteiger partial charge >= 0.3 is 6.18 Å². The number of nitrogen functional groups attached to an aromatic ring is 1. The van der Waals surface area contributed by atoms with E-state index in [1.165, 1.54) is 6.07 Å². The van der Waals surface area contributed by atoms with Gasteiger partial charge in [0.05, 0.1) is 5.69 Å². The van der Waals surface area contributed by atoms with Crippen LogP contribution in [-0.4, -0.2) is 4.98 Å². The maximum absolute atomic E-state index is 12.1. The molecule has 0 radical (unpaired) electrons. The summed E-state index contributed by atoms with van der Waals surface area (Å²) in [7, 11) is 0. The Bertz CT molecular complexity index is 364. The molecule has 0 saturated heterocycles. The van der Waals surface area contributed by atoms with Crippen LogP contribution in [0.2, 0.25) is 0 Å². The summed E-state index contributed by atoms with van der Waals surface area (Å²) in [5, 5.41) is 8.39. The molecule has 1 rings (SSSR count). The standard InChI is InChI=1S/C7H4F3N3/c8-7(9,10)6-4(3-11)5(12)1-2-13-6/h1-2H,(H2,12,13). The molecule has 0 bridgehead atoms. The lowest BCUT2D eigenvalue weighted by Gasteiger charge is -2.07. The number of halogens is 3. The summed E-state index contributed by atoms with van der Waals surface area (Å²) >= 11 is 0. The lowest BCUT2D eigenvalue weighted by atomic mass is 10.2. The summed E-state index contributed by atoms with van der Waals surface area (Å²) in [6.07, 6.45) is -3.72. The monoisotopic (exact) mass is 187 g/mol. The Hall–Kier alpha value is -1.77. The topological polar surface area (TPSA) is 62.7 Å². The first-order valence-corrected chi connectivity index (χ1v) is 3.18. The second kappa shape index (κ2) is 2.94. The highest BCUT2D eigenvalue weighted by Gasteiger charge is 2.36. The van der Waals surface area contributed by atoms with E-state index < -0.39 is 17.4 Å². The van der Waals surface area contributed by atoms with E-state index in [0.717, 1.165) is 12.3 Å². The van der Waals surface area contributed by atoms with Gasteiger partial charge in [-0.15, -0.1) is 0 Å². The van der Waals surface area contributed by atoms with Crippen molar-refractivity contribution in [2.24, 2.45) is 0 Å². The first kappa shape index (κ1) is 9.32. The van der Waals surface area contributed by atoms with E-state index in [-0.39, 0.29) is 5.69 Å². The normalized spacial score (nSPS) is 10.9. The molecule has 13 heavy (non-hydrogen) atoms. The smallest absolute Gasteiger partial charge is 0.398 e. The minimum absolute atomic E-state index is 0.218. The molecule has 0 atom stereocenters. The quantitative estimate of drug-likeness (QED) is 0.670. The van der Waals surface area contributed by atoms with Crippen molar-refractivity contribution in [3.63, 3.8) is 0 Å². The molecule has 0 aliphatic carbocycles. The minimum Gasteiger partial charge on any atom is -0.398 e. The molecule has 0 unspecified atom stereocenters. The Balaban J connectivity index is 3.40. The zero-order valence-corrected chi connectivity index (χ0v) is 6.26. The Morgan fingerprint density at radius 3 is 2.46 bits per heavy atom. The molecule has 3 nitrogen and oxygen atoms in total. The lowest BCUT2D eigenvalue weighted by Crippen LogP contribution is -2.12. The fraction of sp³-hybridized carbons (Fsp3) is 0.143. The van der Waals surface area contributed by atoms with Gasteiger partial charge in [-0.05, 0) is 6.07 Å². The third-order valence-corrected chi connectivity index (χ3v) is 1.36. The SMILES string of the molecule is N#Cc1c(N)ccnc1C(F)(F)F. The summed E-state index contributed by atoms with van der Waals surface area (Å²) in [4.78, 5) is 3.05. The highest BCUT2D eigenvalue weighted by Crippen LogP contribution is 2.31. The van der Waals surface area contributed by atoms with Crippen LogP contribution in [0, 0.1) is 11.3 Å². The summed E-state index contributed by atoms with van der Waals surface area (Å²) in [5.41, 5.74) is 3.08. The maximum atomic E-state index is 12.1. The highest BCUT2D eigenvalue weighted by atomic mass is 19.4. The van der Waals surface area contributed by atoms with Crippen LogP contribution < -0.4 is 5.73 Å². The third-order valence-electron chi connectivity index (χ3n) is 1.36. The molecule has 1 heterocycles. The summed E-state index contributed by atoms with van der Waals surface area (Å²) in [6.45, 7) is 0. The number of hydrogen-bond acceptors (Lipinski definition) is 3. The van der Waals surface area contributed by atoms with E-state index in [4.69, 9.17) is 11.0 Å². The zero-order chi connectivity index (χ0) is 10.1. The molecule has 0 fully saturated rings. The number of nitrogens with two attached hydrogens (primary N) is 1. The van der Waals surface area contributed by atoms with Crippen molar-refractivity contribution in [1.29, 1.82) is 5.26 Å². The minimum atomic E-state index is -4.64. The van der Waals surface area contributed by atoms with Crippen LogP contribution in [0.4, 0.5) is 18.9 Å². The first-order valence-electron chi connectivity index (χ1n) is 3.18. The van der Waals surface area contributed by atoms with Crippen LogP contribution in [-0.2, 0) is 6.18 Å². The van der Waals surface area contributed by atoms with Crippen LogP contribution in [0.5, 0.6) is 0 Å². The van der Waals surface area contributed by atoms with E-state index in [0.29, 0.717) is 0 Å². The van der Waals surface area contributed by atoms with Crippen molar-refractivity contribution in [2.45, 2.75) is 6.18 Å². The first-order chi connectivity index (χ1) is 5.96. The van der Waals surface area contributed by atoms with Gasteiger partial charge in [0.15, 0.2) is 5.69 Å². The van der Waals surface area contributed by atoms with Crippen LogP contribution >= 0.6 is 0 Å². The van der Waals surface area contributed by atoms with Gasteiger partial charge in [0.2, 0.25) is 0 Å². The largest absolute Gasteiger partial charge is 0.434 e. The number of anilines is 1. The van der Waals surface area contributed by atoms with Gasteiger partial charge < -0.3 is 5.73 Å². The second-order valence-electron chi connectivity index (χ2n) is 2.23. The number of pyridine rings is 1. The average molecular weight is 187 g/mol. The molecule has 0 amide bonds. The number of alkyl halides is 3. The molecular weight excluding hydrogens is 183 g/mol. The van der Waals surface area contributed by atoms with Crippen molar-refractivity contribution in [3.8, 4) is 6.07 Å².